The molecule has 432 valence electrons. The number of carbonyl (C=O) groups is 4. The number of hydrogen-bond acceptors (Lipinski definition) is 8. The molecule has 0 aliphatic carbocycles. The molecule has 0 saturated heterocycles. The van der Waals surface area contributed by atoms with Crippen LogP contribution in [-0.4, -0.2) is 86.7 Å². The molecule has 9 nitrogen and oxygen atoms in total. The second-order valence-corrected chi connectivity index (χ2v) is 22.8. The second kappa shape index (κ2) is 53.2. The van der Waals surface area contributed by atoms with E-state index in [4.69, 9.17) is 14.2 Å². The molecule has 0 aliphatic heterocycles. The molecule has 0 heterocycles. The number of ether oxygens (including phenoxy) is 3. The van der Waals surface area contributed by atoms with Gasteiger partial charge in [-0.1, -0.05) is 221 Å². The number of unbranched alkanes of at least 4 members (excludes halogenated alkanes) is 23. The number of esters is 3. The van der Waals surface area contributed by atoms with Crippen LogP contribution >= 0.6 is 0 Å². The fraction of sp³-hybridized carbons (Fsp3) is 0.938. The zero-order valence-electron chi connectivity index (χ0n) is 50.0. The first-order chi connectivity index (χ1) is 35.5. The highest BCUT2D eigenvalue weighted by Crippen LogP contribution is 2.24. The Hall–Kier alpha value is -2.16. The molecule has 3 unspecified atom stereocenters. The van der Waals surface area contributed by atoms with E-state index in [1.54, 1.807) is 0 Å². The van der Waals surface area contributed by atoms with Crippen molar-refractivity contribution in [3.8, 4) is 0 Å². The van der Waals surface area contributed by atoms with Gasteiger partial charge in [-0.25, -0.2) is 0 Å². The van der Waals surface area contributed by atoms with Gasteiger partial charge in [-0.3, -0.25) is 19.2 Å². The minimum absolute atomic E-state index is 0.0667. The Bertz CT molecular complexity index is 1190. The quantitative estimate of drug-likeness (QED) is 0.0337. The van der Waals surface area contributed by atoms with E-state index in [-0.39, 0.29) is 29.9 Å². The van der Waals surface area contributed by atoms with Crippen LogP contribution in [0.15, 0.2) is 0 Å². The molecule has 0 N–H and O–H groups in total. The van der Waals surface area contributed by atoms with Gasteiger partial charge in [-0.15, -0.1) is 0 Å². The van der Waals surface area contributed by atoms with Gasteiger partial charge in [0.15, 0.2) is 0 Å². The number of hydrogen-bond donors (Lipinski definition) is 0. The van der Waals surface area contributed by atoms with Crippen LogP contribution in [0.1, 0.15) is 318 Å². The predicted octanol–water partition coefficient (Wildman–Crippen LogP) is 18.1. The van der Waals surface area contributed by atoms with Crippen LogP contribution in [0.2, 0.25) is 0 Å². The summed E-state index contributed by atoms with van der Waals surface area (Å²) in [6.07, 6.45) is 46.0. The highest BCUT2D eigenvalue weighted by atomic mass is 16.5. The molecule has 0 bridgehead atoms. The minimum Gasteiger partial charge on any atom is -0.465 e. The Morgan fingerprint density at radius 2 is 0.644 bits per heavy atom. The fourth-order valence-corrected chi connectivity index (χ4v) is 10.3. The largest absolute Gasteiger partial charge is 0.465 e. The molecule has 0 aromatic heterocycles. The zero-order chi connectivity index (χ0) is 53.8. The lowest BCUT2D eigenvalue weighted by atomic mass is 9.95. The maximum atomic E-state index is 14.1. The molecule has 0 fully saturated rings. The highest BCUT2D eigenvalue weighted by Gasteiger charge is 2.24. The maximum Gasteiger partial charge on any atom is 0.305 e. The lowest BCUT2D eigenvalue weighted by Gasteiger charge is -2.33. The molecule has 3 atom stereocenters. The van der Waals surface area contributed by atoms with E-state index in [0.717, 1.165) is 116 Å². The van der Waals surface area contributed by atoms with Crippen molar-refractivity contribution in [3.63, 3.8) is 0 Å². The molecule has 0 spiro atoms. The highest BCUT2D eigenvalue weighted by molar-refractivity contribution is 5.76. The Kier molecular flexibility index (Phi) is 51.7. The van der Waals surface area contributed by atoms with Crippen LogP contribution in [0.4, 0.5) is 0 Å². The van der Waals surface area contributed by atoms with Crippen molar-refractivity contribution in [2.45, 2.75) is 324 Å². The summed E-state index contributed by atoms with van der Waals surface area (Å²) in [5.41, 5.74) is 0. The Morgan fingerprint density at radius 1 is 0.329 bits per heavy atom. The molecule has 0 aliphatic rings. The van der Waals surface area contributed by atoms with E-state index in [1.165, 1.54) is 135 Å². The van der Waals surface area contributed by atoms with Crippen LogP contribution in [0.3, 0.4) is 0 Å². The first kappa shape index (κ1) is 70.8. The molecule has 0 aromatic rings. The maximum absolute atomic E-state index is 14.1. The van der Waals surface area contributed by atoms with Crippen molar-refractivity contribution in [1.82, 2.24) is 9.80 Å². The second-order valence-electron chi connectivity index (χ2n) is 22.8. The van der Waals surface area contributed by atoms with Crippen LogP contribution in [0.25, 0.3) is 0 Å². The van der Waals surface area contributed by atoms with Gasteiger partial charge in [-0.05, 0) is 102 Å². The van der Waals surface area contributed by atoms with Crippen LogP contribution in [0, 0.1) is 17.8 Å². The third kappa shape index (κ3) is 45.7. The van der Waals surface area contributed by atoms with E-state index in [9.17, 15) is 19.2 Å². The number of amides is 1. The monoisotopic (exact) mass is 1030 g/mol. The lowest BCUT2D eigenvalue weighted by molar-refractivity contribution is -0.146. The van der Waals surface area contributed by atoms with Crippen molar-refractivity contribution < 1.29 is 33.4 Å². The third-order valence-electron chi connectivity index (χ3n) is 15.5. The summed E-state index contributed by atoms with van der Waals surface area (Å²) in [6, 6.07) is 0.0958. The predicted molar refractivity (Wildman–Crippen MR) is 310 cm³/mol. The molecule has 1 amide bonds. The first-order valence-corrected chi connectivity index (χ1v) is 32.0. The van der Waals surface area contributed by atoms with Crippen molar-refractivity contribution >= 4 is 23.8 Å². The average Bonchev–Trinajstić information content (AvgIpc) is 3.38. The van der Waals surface area contributed by atoms with Gasteiger partial charge in [0.05, 0.1) is 19.8 Å². The van der Waals surface area contributed by atoms with E-state index >= 15 is 0 Å². The zero-order valence-corrected chi connectivity index (χ0v) is 50.0. The molecule has 9 heteroatoms. The smallest absolute Gasteiger partial charge is 0.305 e. The molecule has 0 radical (unpaired) electrons. The van der Waals surface area contributed by atoms with Crippen molar-refractivity contribution in [2.24, 2.45) is 17.8 Å². The summed E-state index contributed by atoms with van der Waals surface area (Å²) in [6.45, 7) is 16.4. The fourth-order valence-electron chi connectivity index (χ4n) is 10.3. The molecular formula is C64H124N2O7. The van der Waals surface area contributed by atoms with E-state index < -0.39 is 0 Å². The lowest BCUT2D eigenvalue weighted by Crippen LogP contribution is -2.42. The molecule has 0 aromatic carbocycles. The molecular weight excluding hydrogens is 909 g/mol. The standard InChI is InChI=1S/C64H124N2O7/c1-9-15-20-24-26-33-44-58(42-31-22-17-11-3)55-72-63(69)48-37-28-35-46-60(47-36-29-38-49-64(70)73-56-59(43-32-23-18-12-4)45-34-27-25-21-16-10-2)66(61(67)51-53-65(7)8)52-40-30-39-50-62(68)71-54-57(14-6)41-19-13-5/h57-60H,9-56H2,1-8H3. The number of nitrogens with zero attached hydrogens (tertiary/aromatic N) is 2. The molecule has 0 rings (SSSR count). The Labute approximate surface area is 453 Å². The summed E-state index contributed by atoms with van der Waals surface area (Å²) >= 11 is 0. The third-order valence-corrected chi connectivity index (χ3v) is 15.5. The van der Waals surface area contributed by atoms with Crippen molar-refractivity contribution in [2.75, 3.05) is 47.0 Å². The first-order valence-electron chi connectivity index (χ1n) is 32.0. The topological polar surface area (TPSA) is 102 Å². The van der Waals surface area contributed by atoms with Gasteiger partial charge < -0.3 is 24.0 Å². The minimum atomic E-state index is -0.106. The summed E-state index contributed by atoms with van der Waals surface area (Å²) < 4.78 is 17.6. The summed E-state index contributed by atoms with van der Waals surface area (Å²) in [7, 11) is 4.03. The number of rotatable bonds is 56. The summed E-state index contributed by atoms with van der Waals surface area (Å²) in [5.74, 6) is 1.33. The Balaban J connectivity index is 5.58. The van der Waals surface area contributed by atoms with Gasteiger partial charge >= 0.3 is 17.9 Å². The van der Waals surface area contributed by atoms with Crippen LogP contribution in [-0.2, 0) is 33.4 Å². The van der Waals surface area contributed by atoms with E-state index in [1.807, 2.05) is 14.1 Å². The van der Waals surface area contributed by atoms with Crippen LogP contribution in [0.5, 0.6) is 0 Å². The van der Waals surface area contributed by atoms with Gasteiger partial charge in [0, 0.05) is 44.8 Å². The molecule has 0 saturated carbocycles. The summed E-state index contributed by atoms with van der Waals surface area (Å²) in [4.78, 5) is 57.1. The summed E-state index contributed by atoms with van der Waals surface area (Å²) in [5, 5.41) is 0. The normalized spacial score (nSPS) is 13.2. The van der Waals surface area contributed by atoms with E-state index in [2.05, 4.69) is 51.3 Å². The van der Waals surface area contributed by atoms with Crippen LogP contribution < -0.4 is 0 Å². The van der Waals surface area contributed by atoms with Gasteiger partial charge in [0.25, 0.3) is 0 Å². The van der Waals surface area contributed by atoms with Gasteiger partial charge in [-0.2, -0.15) is 0 Å². The average molecular weight is 1030 g/mol. The SMILES string of the molecule is CCCCCCCCC(CCCCCC)COC(=O)CCCCCC(CCCCCC(=O)OCC(CCCCCC)CCCCCCCC)N(CCCCCC(=O)OCC(CC)CCCC)C(=O)CCN(C)C. The van der Waals surface area contributed by atoms with Crippen molar-refractivity contribution in [1.29, 1.82) is 0 Å². The van der Waals surface area contributed by atoms with E-state index in [0.29, 0.717) is 76.3 Å². The number of carbonyl (C=O) groups excluding carboxylic acids is 4. The van der Waals surface area contributed by atoms with Gasteiger partial charge in [0.1, 0.15) is 0 Å². The van der Waals surface area contributed by atoms with Gasteiger partial charge in [0.2, 0.25) is 5.91 Å². The van der Waals surface area contributed by atoms with Crippen molar-refractivity contribution in [3.05, 3.63) is 0 Å². The molecule has 73 heavy (non-hydrogen) atoms. The Morgan fingerprint density at radius 3 is 1.03 bits per heavy atom.